The first-order valence-corrected chi connectivity index (χ1v) is 16.8. The molecule has 0 aliphatic rings. The highest BCUT2D eigenvalue weighted by Crippen LogP contribution is 2.33. The Morgan fingerprint density at radius 3 is 1.96 bits per heavy atom. The Hall–Kier alpha value is -3.91. The Morgan fingerprint density at radius 2 is 1.35 bits per heavy atom. The molecule has 0 heterocycles. The Morgan fingerprint density at radius 1 is 0.761 bits per heavy atom. The van der Waals surface area contributed by atoms with Crippen LogP contribution in [0.15, 0.2) is 60.7 Å². The van der Waals surface area contributed by atoms with Crippen molar-refractivity contribution in [2.24, 2.45) is 5.92 Å². The Balaban J connectivity index is 1.52. The average Bonchev–Trinajstić information content (AvgIpc) is 3.06. The summed E-state index contributed by atoms with van der Waals surface area (Å²) in [6.45, 7) is 6.98. The highest BCUT2D eigenvalue weighted by molar-refractivity contribution is 6.32. The molecule has 0 saturated heterocycles. The van der Waals surface area contributed by atoms with E-state index in [1.807, 2.05) is 13.8 Å². The fourth-order valence-electron chi connectivity index (χ4n) is 4.82. The van der Waals surface area contributed by atoms with Gasteiger partial charge in [-0.05, 0) is 59.9 Å². The van der Waals surface area contributed by atoms with Gasteiger partial charge in [-0.3, -0.25) is 10.1 Å². The molecule has 0 N–H and O–H groups in total. The lowest BCUT2D eigenvalue weighted by molar-refractivity contribution is -0.385. The maximum atomic E-state index is 12.8. The van der Waals surface area contributed by atoms with Crippen LogP contribution in [0.2, 0.25) is 5.02 Å². The van der Waals surface area contributed by atoms with Crippen molar-refractivity contribution >= 4 is 29.2 Å². The first-order chi connectivity index (χ1) is 22.2. The molecule has 0 fully saturated rings. The summed E-state index contributed by atoms with van der Waals surface area (Å²) < 4.78 is 16.5. The summed E-state index contributed by atoms with van der Waals surface area (Å²) in [7, 11) is 0. The lowest BCUT2D eigenvalue weighted by Gasteiger charge is -2.11. The summed E-state index contributed by atoms with van der Waals surface area (Å²) >= 11 is 6.29. The second-order valence-electron chi connectivity index (χ2n) is 11.7. The van der Waals surface area contributed by atoms with E-state index >= 15 is 0 Å². The summed E-state index contributed by atoms with van der Waals surface area (Å²) in [6.07, 6.45) is 12.9. The molecule has 0 aromatic heterocycles. The zero-order valence-corrected chi connectivity index (χ0v) is 28.0. The molecule has 0 aliphatic heterocycles. The Labute approximate surface area is 277 Å². The van der Waals surface area contributed by atoms with Gasteiger partial charge in [0.25, 0.3) is 0 Å². The van der Waals surface area contributed by atoms with Crippen LogP contribution in [0.4, 0.5) is 5.69 Å². The van der Waals surface area contributed by atoms with Gasteiger partial charge in [-0.1, -0.05) is 115 Å². The molecule has 9 heteroatoms. The lowest BCUT2D eigenvalue weighted by atomic mass is 10.0. The molecule has 0 radical (unpaired) electrons. The number of nitrogens with zero attached hydrogens (tertiary/aromatic N) is 1. The fourth-order valence-corrected chi connectivity index (χ4v) is 5.04. The van der Waals surface area contributed by atoms with Crippen LogP contribution in [0.3, 0.4) is 0 Å². The van der Waals surface area contributed by atoms with E-state index in [0.717, 1.165) is 25.7 Å². The van der Waals surface area contributed by atoms with E-state index in [2.05, 4.69) is 6.92 Å². The molecule has 3 aromatic carbocycles. The third-order valence-electron chi connectivity index (χ3n) is 7.93. The van der Waals surface area contributed by atoms with Crippen molar-refractivity contribution in [3.8, 4) is 22.6 Å². The summed E-state index contributed by atoms with van der Waals surface area (Å²) in [5.74, 6) is -0.528. The number of ether oxygens (including phenoxy) is 3. The third kappa shape index (κ3) is 11.8. The lowest BCUT2D eigenvalue weighted by Crippen LogP contribution is -2.12. The highest BCUT2D eigenvalue weighted by Gasteiger charge is 2.18. The van der Waals surface area contributed by atoms with Gasteiger partial charge in [0, 0.05) is 6.07 Å². The van der Waals surface area contributed by atoms with Crippen molar-refractivity contribution in [1.29, 1.82) is 0 Å². The van der Waals surface area contributed by atoms with E-state index in [4.69, 9.17) is 25.8 Å². The number of unbranched alkanes of at least 4 members (excludes halogenated alkanes) is 9. The molecule has 0 unspecified atom stereocenters. The summed E-state index contributed by atoms with van der Waals surface area (Å²) in [5.41, 5.74) is 1.75. The minimum absolute atomic E-state index is 0.102. The van der Waals surface area contributed by atoms with Crippen LogP contribution in [0.5, 0.6) is 11.5 Å². The van der Waals surface area contributed by atoms with Crippen molar-refractivity contribution in [1.82, 2.24) is 0 Å². The number of carbonyl (C=O) groups is 2. The number of rotatable bonds is 20. The largest absolute Gasteiger partial charge is 0.487 e. The first kappa shape index (κ1) is 36.6. The Bertz CT molecular complexity index is 1420. The second-order valence-corrected chi connectivity index (χ2v) is 12.1. The number of esters is 2. The zero-order valence-electron chi connectivity index (χ0n) is 27.2. The summed E-state index contributed by atoms with van der Waals surface area (Å²) in [5, 5.41) is 11.9. The molecule has 46 heavy (non-hydrogen) atoms. The van der Waals surface area contributed by atoms with Gasteiger partial charge < -0.3 is 14.2 Å². The van der Waals surface area contributed by atoms with E-state index in [1.165, 1.54) is 69.2 Å². The van der Waals surface area contributed by atoms with Gasteiger partial charge in [0.2, 0.25) is 0 Å². The number of nitro groups is 1. The van der Waals surface area contributed by atoms with Gasteiger partial charge in [0.05, 0.1) is 34.3 Å². The van der Waals surface area contributed by atoms with Crippen LogP contribution in [-0.4, -0.2) is 30.1 Å². The van der Waals surface area contributed by atoms with E-state index in [9.17, 15) is 19.7 Å². The highest BCUT2D eigenvalue weighted by atomic mass is 35.5. The molecule has 0 aliphatic carbocycles. The van der Waals surface area contributed by atoms with E-state index in [1.54, 1.807) is 36.4 Å². The predicted molar refractivity (Wildman–Crippen MR) is 182 cm³/mol. The molecular formula is C37H46ClNO7. The molecule has 3 aromatic rings. The molecular weight excluding hydrogens is 606 g/mol. The van der Waals surface area contributed by atoms with Crippen molar-refractivity contribution in [2.75, 3.05) is 13.2 Å². The summed E-state index contributed by atoms with van der Waals surface area (Å²) in [4.78, 5) is 36.5. The molecule has 0 spiro atoms. The van der Waals surface area contributed by atoms with Crippen LogP contribution in [0.25, 0.3) is 11.1 Å². The molecule has 0 saturated carbocycles. The average molecular weight is 652 g/mol. The number of hydrogen-bond acceptors (Lipinski definition) is 7. The quantitative estimate of drug-likeness (QED) is 0.0393. The minimum atomic E-state index is -0.637. The normalized spacial score (nSPS) is 11.6. The van der Waals surface area contributed by atoms with E-state index in [-0.39, 0.29) is 39.3 Å². The van der Waals surface area contributed by atoms with Gasteiger partial charge >= 0.3 is 17.6 Å². The molecule has 0 bridgehead atoms. The van der Waals surface area contributed by atoms with E-state index in [0.29, 0.717) is 24.3 Å². The second kappa shape index (κ2) is 19.6. The van der Waals surface area contributed by atoms with Crippen LogP contribution >= 0.6 is 11.6 Å². The molecule has 3 rings (SSSR count). The van der Waals surface area contributed by atoms with Crippen LogP contribution in [0, 0.1) is 16.0 Å². The van der Waals surface area contributed by atoms with Crippen molar-refractivity contribution < 1.29 is 28.7 Å². The molecule has 8 nitrogen and oxygen atoms in total. The predicted octanol–water partition coefficient (Wildman–Crippen LogP) is 10.6. The van der Waals surface area contributed by atoms with Crippen LogP contribution in [-0.2, 0) is 4.74 Å². The van der Waals surface area contributed by atoms with Crippen molar-refractivity contribution in [3.63, 3.8) is 0 Å². The first-order valence-electron chi connectivity index (χ1n) is 16.4. The smallest absolute Gasteiger partial charge is 0.343 e. The molecule has 1 atom stereocenters. The maximum absolute atomic E-state index is 12.8. The Kier molecular flexibility index (Phi) is 15.6. The van der Waals surface area contributed by atoms with Gasteiger partial charge in [-0.2, -0.15) is 0 Å². The number of carbonyl (C=O) groups excluding carboxylic acids is 2. The van der Waals surface area contributed by atoms with Gasteiger partial charge in [-0.25, -0.2) is 9.59 Å². The fraction of sp³-hybridized carbons (Fsp3) is 0.459. The van der Waals surface area contributed by atoms with Gasteiger partial charge in [0.1, 0.15) is 5.75 Å². The monoisotopic (exact) mass is 651 g/mol. The summed E-state index contributed by atoms with van der Waals surface area (Å²) in [6, 6.07) is 15.8. The third-order valence-corrected chi connectivity index (χ3v) is 8.23. The molecule has 248 valence electrons. The van der Waals surface area contributed by atoms with Crippen molar-refractivity contribution in [3.05, 3.63) is 86.9 Å². The standard InChI is InChI=1S/C37H46ClNO7/c1-4-6-7-8-9-10-11-12-13-14-23-44-35-22-19-30(25-33(35)39(42)43)28-15-17-29(18-16-28)37(41)46-34-21-20-31(24-32(34)38)36(40)45-26-27(3)5-2/h15-22,24-25,27H,4-14,23,26H2,1-3H3/t27-/m0/s1. The maximum Gasteiger partial charge on any atom is 0.343 e. The number of hydrogen-bond donors (Lipinski definition) is 0. The van der Waals surface area contributed by atoms with Gasteiger partial charge in [0.15, 0.2) is 5.75 Å². The van der Waals surface area contributed by atoms with Crippen LogP contribution in [0.1, 0.15) is 112 Å². The zero-order chi connectivity index (χ0) is 33.3. The number of benzene rings is 3. The number of nitro benzene ring substituents is 1. The van der Waals surface area contributed by atoms with Crippen molar-refractivity contribution in [2.45, 2.75) is 91.4 Å². The number of halogens is 1. The molecule has 0 amide bonds. The van der Waals surface area contributed by atoms with Gasteiger partial charge in [-0.15, -0.1) is 0 Å². The minimum Gasteiger partial charge on any atom is -0.487 e. The van der Waals surface area contributed by atoms with Crippen LogP contribution < -0.4 is 9.47 Å². The SMILES string of the molecule is CCCCCCCCCCCCOc1ccc(-c2ccc(C(=O)Oc3ccc(C(=O)OC[C@@H](C)CC)cc3Cl)cc2)cc1[N+](=O)[O-]. The topological polar surface area (TPSA) is 105 Å². The van der Waals surface area contributed by atoms with E-state index < -0.39 is 16.9 Å².